The zero-order valence-electron chi connectivity index (χ0n) is 11.9. The fraction of sp³-hybridized carbons (Fsp3) is 0.533. The van der Waals surface area contributed by atoms with Crippen LogP contribution in [0.25, 0.3) is 0 Å². The first-order valence-electron chi connectivity index (χ1n) is 7.17. The summed E-state index contributed by atoms with van der Waals surface area (Å²) in [6.07, 6.45) is 0.478. The Labute approximate surface area is 120 Å². The van der Waals surface area contributed by atoms with Crippen molar-refractivity contribution in [3.8, 4) is 0 Å². The summed E-state index contributed by atoms with van der Waals surface area (Å²) < 4.78 is 0. The van der Waals surface area contributed by atoms with Crippen LogP contribution in [0, 0.1) is 0 Å². The lowest BCUT2D eigenvalue weighted by Crippen LogP contribution is -2.35. The molecular formula is C15H23N3O2. The Bertz CT molecular complexity index is 440. The third-order valence-electron chi connectivity index (χ3n) is 3.48. The van der Waals surface area contributed by atoms with Gasteiger partial charge >= 0.3 is 0 Å². The third-order valence-corrected chi connectivity index (χ3v) is 3.48. The van der Waals surface area contributed by atoms with Gasteiger partial charge in [-0.3, -0.25) is 9.69 Å². The number of para-hydroxylation sites is 1. The quantitative estimate of drug-likeness (QED) is 0.767. The van der Waals surface area contributed by atoms with E-state index in [2.05, 4.69) is 15.5 Å². The molecule has 1 unspecified atom stereocenters. The van der Waals surface area contributed by atoms with Crippen molar-refractivity contribution in [3.63, 3.8) is 0 Å². The average molecular weight is 277 g/mol. The molecule has 1 aromatic carbocycles. The normalized spacial score (nSPS) is 18.3. The topological polar surface area (TPSA) is 64.6 Å². The van der Waals surface area contributed by atoms with Crippen LogP contribution in [0.15, 0.2) is 24.3 Å². The number of aliphatic hydroxyl groups excluding tert-OH is 1. The summed E-state index contributed by atoms with van der Waals surface area (Å²) >= 11 is 0. The predicted molar refractivity (Wildman–Crippen MR) is 79.6 cm³/mol. The standard InChI is InChI=1S/C15H23N3O2/c1-12(19)13-5-2-3-6-14(13)17-15(20)11-18-9-4-7-16-8-10-18/h2-3,5-6,12,16,19H,4,7-11H2,1H3,(H,17,20). The number of rotatable bonds is 4. The number of carbonyl (C=O) groups is 1. The van der Waals surface area contributed by atoms with E-state index >= 15 is 0 Å². The molecule has 1 saturated heterocycles. The van der Waals surface area contributed by atoms with Crippen LogP contribution < -0.4 is 10.6 Å². The number of nitrogens with zero attached hydrogens (tertiary/aromatic N) is 1. The minimum atomic E-state index is -0.589. The Morgan fingerprint density at radius 3 is 3.00 bits per heavy atom. The molecule has 20 heavy (non-hydrogen) atoms. The first-order chi connectivity index (χ1) is 9.66. The van der Waals surface area contributed by atoms with Crippen molar-refractivity contribution in [2.45, 2.75) is 19.4 Å². The molecule has 1 aliphatic heterocycles. The molecule has 1 atom stereocenters. The van der Waals surface area contributed by atoms with Gasteiger partial charge in [-0.05, 0) is 32.5 Å². The monoisotopic (exact) mass is 277 g/mol. The van der Waals surface area contributed by atoms with E-state index in [9.17, 15) is 9.90 Å². The van der Waals surface area contributed by atoms with Crippen molar-refractivity contribution in [2.24, 2.45) is 0 Å². The van der Waals surface area contributed by atoms with Crippen LogP contribution in [0.3, 0.4) is 0 Å². The largest absolute Gasteiger partial charge is 0.389 e. The third kappa shape index (κ3) is 4.30. The minimum Gasteiger partial charge on any atom is -0.389 e. The Kier molecular flexibility index (Phi) is 5.52. The molecule has 5 heteroatoms. The maximum atomic E-state index is 12.1. The van der Waals surface area contributed by atoms with E-state index < -0.39 is 6.10 Å². The van der Waals surface area contributed by atoms with Crippen molar-refractivity contribution < 1.29 is 9.90 Å². The SMILES string of the molecule is CC(O)c1ccccc1NC(=O)CN1CCCNCC1. The Balaban J connectivity index is 1.94. The van der Waals surface area contributed by atoms with Gasteiger partial charge in [0.15, 0.2) is 0 Å². The summed E-state index contributed by atoms with van der Waals surface area (Å²) in [6, 6.07) is 7.37. The number of amides is 1. The lowest BCUT2D eigenvalue weighted by Gasteiger charge is -2.19. The van der Waals surface area contributed by atoms with Gasteiger partial charge in [-0.2, -0.15) is 0 Å². The second-order valence-electron chi connectivity index (χ2n) is 5.19. The molecule has 0 saturated carbocycles. The molecule has 5 nitrogen and oxygen atoms in total. The van der Waals surface area contributed by atoms with Gasteiger partial charge in [-0.15, -0.1) is 0 Å². The zero-order valence-corrected chi connectivity index (χ0v) is 11.9. The second-order valence-corrected chi connectivity index (χ2v) is 5.19. The molecule has 110 valence electrons. The summed E-state index contributed by atoms with van der Waals surface area (Å²) in [7, 11) is 0. The van der Waals surface area contributed by atoms with Crippen LogP contribution in [0.1, 0.15) is 25.0 Å². The summed E-state index contributed by atoms with van der Waals surface area (Å²) in [5, 5.41) is 15.9. The number of nitrogens with one attached hydrogen (secondary N) is 2. The number of hydrogen-bond donors (Lipinski definition) is 3. The Morgan fingerprint density at radius 1 is 1.40 bits per heavy atom. The molecule has 0 aromatic heterocycles. The van der Waals surface area contributed by atoms with E-state index in [4.69, 9.17) is 0 Å². The van der Waals surface area contributed by atoms with Crippen molar-refractivity contribution in [1.82, 2.24) is 10.2 Å². The summed E-state index contributed by atoms with van der Waals surface area (Å²) in [5.41, 5.74) is 1.44. The van der Waals surface area contributed by atoms with Gasteiger partial charge in [0.1, 0.15) is 0 Å². The molecule has 3 N–H and O–H groups in total. The van der Waals surface area contributed by atoms with Gasteiger partial charge in [-0.25, -0.2) is 0 Å². The molecule has 0 aliphatic carbocycles. The smallest absolute Gasteiger partial charge is 0.238 e. The van der Waals surface area contributed by atoms with Crippen molar-refractivity contribution in [2.75, 3.05) is 38.0 Å². The molecule has 1 aliphatic rings. The van der Waals surface area contributed by atoms with Crippen molar-refractivity contribution in [3.05, 3.63) is 29.8 Å². The maximum Gasteiger partial charge on any atom is 0.238 e. The van der Waals surface area contributed by atoms with Crippen LogP contribution in [-0.2, 0) is 4.79 Å². The molecule has 0 radical (unpaired) electrons. The first-order valence-corrected chi connectivity index (χ1v) is 7.17. The highest BCUT2D eigenvalue weighted by Crippen LogP contribution is 2.22. The van der Waals surface area contributed by atoms with E-state index in [-0.39, 0.29) is 5.91 Å². The van der Waals surface area contributed by atoms with E-state index in [0.717, 1.165) is 38.2 Å². The van der Waals surface area contributed by atoms with Gasteiger partial charge in [0.25, 0.3) is 0 Å². The van der Waals surface area contributed by atoms with Crippen LogP contribution in [0.5, 0.6) is 0 Å². The molecule has 2 rings (SSSR count). The molecule has 1 fully saturated rings. The number of hydrogen-bond acceptors (Lipinski definition) is 4. The highest BCUT2D eigenvalue weighted by atomic mass is 16.3. The van der Waals surface area contributed by atoms with Crippen LogP contribution in [-0.4, -0.2) is 48.6 Å². The molecule has 1 heterocycles. The molecule has 1 aromatic rings. The highest BCUT2D eigenvalue weighted by Gasteiger charge is 2.14. The van der Waals surface area contributed by atoms with Gasteiger partial charge in [0.05, 0.1) is 12.6 Å². The average Bonchev–Trinajstić information content (AvgIpc) is 2.67. The summed E-state index contributed by atoms with van der Waals surface area (Å²) in [6.45, 7) is 5.88. The van der Waals surface area contributed by atoms with Gasteiger partial charge in [-0.1, -0.05) is 18.2 Å². The number of anilines is 1. The highest BCUT2D eigenvalue weighted by molar-refractivity contribution is 5.93. The fourth-order valence-corrected chi connectivity index (χ4v) is 2.43. The second kappa shape index (κ2) is 7.38. The molecule has 1 amide bonds. The van der Waals surface area contributed by atoms with Crippen molar-refractivity contribution >= 4 is 11.6 Å². The predicted octanol–water partition coefficient (Wildman–Crippen LogP) is 0.974. The lowest BCUT2D eigenvalue weighted by molar-refractivity contribution is -0.117. The van der Waals surface area contributed by atoms with Gasteiger partial charge in [0, 0.05) is 24.3 Å². The van der Waals surface area contributed by atoms with Crippen LogP contribution in [0.2, 0.25) is 0 Å². The van der Waals surface area contributed by atoms with E-state index in [0.29, 0.717) is 12.2 Å². The molecule has 0 bridgehead atoms. The molecular weight excluding hydrogens is 254 g/mol. The zero-order chi connectivity index (χ0) is 14.4. The van der Waals surface area contributed by atoms with E-state index in [1.165, 1.54) is 0 Å². The number of carbonyl (C=O) groups excluding carboxylic acids is 1. The summed E-state index contributed by atoms with van der Waals surface area (Å²) in [5.74, 6) is -0.0278. The van der Waals surface area contributed by atoms with Gasteiger partial charge < -0.3 is 15.7 Å². The molecule has 0 spiro atoms. The minimum absolute atomic E-state index is 0.0278. The number of aliphatic hydroxyl groups is 1. The Morgan fingerprint density at radius 2 is 2.20 bits per heavy atom. The fourth-order valence-electron chi connectivity index (χ4n) is 2.43. The van der Waals surface area contributed by atoms with Crippen molar-refractivity contribution in [1.29, 1.82) is 0 Å². The summed E-state index contributed by atoms with van der Waals surface area (Å²) in [4.78, 5) is 14.3. The lowest BCUT2D eigenvalue weighted by atomic mass is 10.1. The van der Waals surface area contributed by atoms with Crippen LogP contribution >= 0.6 is 0 Å². The van der Waals surface area contributed by atoms with Crippen LogP contribution in [0.4, 0.5) is 5.69 Å². The van der Waals surface area contributed by atoms with E-state index in [1.807, 2.05) is 24.3 Å². The van der Waals surface area contributed by atoms with E-state index in [1.54, 1.807) is 6.92 Å². The van der Waals surface area contributed by atoms with Gasteiger partial charge in [0.2, 0.25) is 5.91 Å². The first kappa shape index (κ1) is 15.0. The number of benzene rings is 1. The Hall–Kier alpha value is -1.43. The maximum absolute atomic E-state index is 12.1.